The molecule has 1 aromatic heterocycles. The number of rotatable bonds is 8. The first-order chi connectivity index (χ1) is 10.2. The molecule has 118 valence electrons. The molecule has 6 heteroatoms. The van der Waals surface area contributed by atoms with Crippen molar-refractivity contribution >= 4 is 5.82 Å². The molecule has 1 saturated heterocycles. The predicted molar refractivity (Wildman–Crippen MR) is 82.9 cm³/mol. The van der Waals surface area contributed by atoms with Gasteiger partial charge in [-0.25, -0.2) is 0 Å². The lowest BCUT2D eigenvalue weighted by Crippen LogP contribution is -2.39. The van der Waals surface area contributed by atoms with Gasteiger partial charge in [0.15, 0.2) is 5.82 Å². The zero-order valence-electron chi connectivity index (χ0n) is 13.2. The van der Waals surface area contributed by atoms with Crippen LogP contribution in [-0.2, 0) is 4.74 Å². The lowest BCUT2D eigenvalue weighted by atomic mass is 10.2. The van der Waals surface area contributed by atoms with E-state index >= 15 is 0 Å². The largest absolute Gasteiger partial charge is 0.474 e. The van der Waals surface area contributed by atoms with Crippen LogP contribution in [-0.4, -0.2) is 55.5 Å². The summed E-state index contributed by atoms with van der Waals surface area (Å²) in [6, 6.07) is 0.512. The van der Waals surface area contributed by atoms with Gasteiger partial charge in [0.25, 0.3) is 0 Å². The molecular formula is C15H26N4O2. The van der Waals surface area contributed by atoms with Crippen molar-refractivity contribution in [3.05, 3.63) is 12.4 Å². The maximum atomic E-state index is 5.63. The molecule has 1 aliphatic heterocycles. The maximum Gasteiger partial charge on any atom is 0.234 e. The SMILES string of the molecule is COCCN(CC1CCCN1)c1cncc(OC(C)C)n1. The second kappa shape index (κ2) is 8.14. The second-order valence-electron chi connectivity index (χ2n) is 5.61. The van der Waals surface area contributed by atoms with Crippen LogP contribution in [0.5, 0.6) is 5.88 Å². The topological polar surface area (TPSA) is 59.5 Å². The molecule has 0 amide bonds. The predicted octanol–water partition coefficient (Wildman–Crippen LogP) is 1.47. The Labute approximate surface area is 126 Å². The second-order valence-corrected chi connectivity index (χ2v) is 5.61. The van der Waals surface area contributed by atoms with Gasteiger partial charge in [0.2, 0.25) is 5.88 Å². The molecule has 1 fully saturated rings. The van der Waals surface area contributed by atoms with Gasteiger partial charge in [-0.05, 0) is 33.2 Å². The van der Waals surface area contributed by atoms with Crippen LogP contribution >= 0.6 is 0 Å². The Morgan fingerprint density at radius 1 is 1.43 bits per heavy atom. The Bertz CT molecular complexity index is 422. The van der Waals surface area contributed by atoms with Gasteiger partial charge in [0.1, 0.15) is 0 Å². The minimum Gasteiger partial charge on any atom is -0.474 e. The van der Waals surface area contributed by atoms with Crippen molar-refractivity contribution in [1.82, 2.24) is 15.3 Å². The van der Waals surface area contributed by atoms with Gasteiger partial charge in [-0.15, -0.1) is 0 Å². The molecule has 1 aliphatic rings. The Hall–Kier alpha value is -1.40. The fourth-order valence-electron chi connectivity index (χ4n) is 2.47. The van der Waals surface area contributed by atoms with Crippen LogP contribution in [0.25, 0.3) is 0 Å². The molecule has 0 bridgehead atoms. The van der Waals surface area contributed by atoms with E-state index in [0.29, 0.717) is 18.5 Å². The van der Waals surface area contributed by atoms with E-state index in [1.165, 1.54) is 12.8 Å². The first kappa shape index (κ1) is 16.0. The molecule has 1 unspecified atom stereocenters. The van der Waals surface area contributed by atoms with E-state index in [9.17, 15) is 0 Å². The third-order valence-corrected chi connectivity index (χ3v) is 3.45. The summed E-state index contributed by atoms with van der Waals surface area (Å²) < 4.78 is 10.8. The fraction of sp³-hybridized carbons (Fsp3) is 0.733. The molecular weight excluding hydrogens is 268 g/mol. The smallest absolute Gasteiger partial charge is 0.234 e. The quantitative estimate of drug-likeness (QED) is 0.783. The minimum atomic E-state index is 0.0958. The van der Waals surface area contributed by atoms with Crippen LogP contribution in [0, 0.1) is 0 Å². The summed E-state index contributed by atoms with van der Waals surface area (Å²) in [7, 11) is 1.72. The molecule has 21 heavy (non-hydrogen) atoms. The lowest BCUT2D eigenvalue weighted by molar-refractivity contribution is 0.204. The summed E-state index contributed by atoms with van der Waals surface area (Å²) in [4.78, 5) is 11.0. The minimum absolute atomic E-state index is 0.0958. The van der Waals surface area contributed by atoms with E-state index in [-0.39, 0.29) is 6.10 Å². The summed E-state index contributed by atoms with van der Waals surface area (Å²) >= 11 is 0. The molecule has 0 radical (unpaired) electrons. The molecule has 0 spiro atoms. The van der Waals surface area contributed by atoms with E-state index in [1.807, 2.05) is 13.8 Å². The molecule has 2 rings (SSSR count). The third kappa shape index (κ3) is 5.13. The summed E-state index contributed by atoms with van der Waals surface area (Å²) in [6.45, 7) is 7.46. The number of hydrogen-bond donors (Lipinski definition) is 1. The van der Waals surface area contributed by atoms with Gasteiger partial charge >= 0.3 is 0 Å². The molecule has 0 aliphatic carbocycles. The molecule has 0 saturated carbocycles. The number of methoxy groups -OCH3 is 1. The van der Waals surface area contributed by atoms with Crippen LogP contribution in [0.1, 0.15) is 26.7 Å². The van der Waals surface area contributed by atoms with Gasteiger partial charge in [0.05, 0.1) is 25.1 Å². The average molecular weight is 294 g/mol. The van der Waals surface area contributed by atoms with Gasteiger partial charge in [-0.1, -0.05) is 0 Å². The molecule has 6 nitrogen and oxygen atoms in total. The Kier molecular flexibility index (Phi) is 6.20. The van der Waals surface area contributed by atoms with Crippen LogP contribution in [0.4, 0.5) is 5.82 Å². The number of hydrogen-bond acceptors (Lipinski definition) is 6. The van der Waals surface area contributed by atoms with Crippen molar-refractivity contribution in [3.8, 4) is 5.88 Å². The Morgan fingerprint density at radius 3 is 2.95 bits per heavy atom. The van der Waals surface area contributed by atoms with Crippen molar-refractivity contribution in [2.24, 2.45) is 0 Å². The fourth-order valence-corrected chi connectivity index (χ4v) is 2.47. The van der Waals surface area contributed by atoms with Crippen molar-refractivity contribution in [3.63, 3.8) is 0 Å². The summed E-state index contributed by atoms with van der Waals surface area (Å²) in [5.74, 6) is 1.42. The van der Waals surface area contributed by atoms with Gasteiger partial charge in [-0.3, -0.25) is 4.98 Å². The molecule has 1 atom stereocenters. The highest BCUT2D eigenvalue weighted by molar-refractivity contribution is 5.38. The highest BCUT2D eigenvalue weighted by atomic mass is 16.5. The van der Waals surface area contributed by atoms with Crippen molar-refractivity contribution in [2.45, 2.75) is 38.8 Å². The number of aromatic nitrogens is 2. The molecule has 1 N–H and O–H groups in total. The zero-order chi connectivity index (χ0) is 15.1. The van der Waals surface area contributed by atoms with E-state index < -0.39 is 0 Å². The third-order valence-electron chi connectivity index (χ3n) is 3.45. The number of nitrogens with zero attached hydrogens (tertiary/aromatic N) is 3. The normalized spacial score (nSPS) is 18.2. The van der Waals surface area contributed by atoms with E-state index in [1.54, 1.807) is 19.5 Å². The first-order valence-electron chi connectivity index (χ1n) is 7.65. The van der Waals surface area contributed by atoms with Gasteiger partial charge in [-0.2, -0.15) is 4.98 Å². The van der Waals surface area contributed by atoms with Crippen LogP contribution < -0.4 is 15.0 Å². The van der Waals surface area contributed by atoms with Gasteiger partial charge in [0, 0.05) is 26.2 Å². The highest BCUT2D eigenvalue weighted by Gasteiger charge is 2.19. The summed E-state index contributed by atoms with van der Waals surface area (Å²) in [6.07, 6.45) is 5.99. The molecule has 2 heterocycles. The standard InChI is InChI=1S/C15H26N4O2/c1-12(2)21-15-10-16-9-14(18-15)19(7-8-20-3)11-13-5-4-6-17-13/h9-10,12-13,17H,4-8,11H2,1-3H3. The first-order valence-corrected chi connectivity index (χ1v) is 7.65. The Balaban J connectivity index is 2.06. The van der Waals surface area contributed by atoms with Gasteiger partial charge < -0.3 is 19.7 Å². The number of ether oxygens (including phenoxy) is 2. The summed E-state index contributed by atoms with van der Waals surface area (Å²) in [5, 5.41) is 3.52. The zero-order valence-corrected chi connectivity index (χ0v) is 13.2. The highest BCUT2D eigenvalue weighted by Crippen LogP contribution is 2.17. The van der Waals surface area contributed by atoms with E-state index in [2.05, 4.69) is 20.2 Å². The van der Waals surface area contributed by atoms with Crippen molar-refractivity contribution in [1.29, 1.82) is 0 Å². The number of anilines is 1. The Morgan fingerprint density at radius 2 is 2.29 bits per heavy atom. The van der Waals surface area contributed by atoms with Crippen LogP contribution in [0.2, 0.25) is 0 Å². The molecule has 1 aromatic rings. The summed E-state index contributed by atoms with van der Waals surface area (Å²) in [5.41, 5.74) is 0. The van der Waals surface area contributed by atoms with Crippen molar-refractivity contribution in [2.75, 3.05) is 38.3 Å². The van der Waals surface area contributed by atoms with E-state index in [4.69, 9.17) is 9.47 Å². The number of nitrogens with one attached hydrogen (secondary N) is 1. The van der Waals surface area contributed by atoms with Crippen molar-refractivity contribution < 1.29 is 9.47 Å². The van der Waals surface area contributed by atoms with Crippen LogP contribution in [0.15, 0.2) is 12.4 Å². The monoisotopic (exact) mass is 294 g/mol. The molecule has 0 aromatic carbocycles. The van der Waals surface area contributed by atoms with E-state index in [0.717, 1.165) is 25.5 Å². The van der Waals surface area contributed by atoms with Crippen LogP contribution in [0.3, 0.4) is 0 Å². The average Bonchev–Trinajstić information content (AvgIpc) is 2.96. The maximum absolute atomic E-state index is 5.63. The lowest BCUT2D eigenvalue weighted by Gasteiger charge is -2.26.